The van der Waals surface area contributed by atoms with Crippen molar-refractivity contribution in [2.24, 2.45) is 5.92 Å². The van der Waals surface area contributed by atoms with Crippen molar-refractivity contribution in [3.63, 3.8) is 0 Å². The van der Waals surface area contributed by atoms with Crippen LogP contribution in [0.4, 0.5) is 4.79 Å². The molecule has 0 aromatic heterocycles. The second kappa shape index (κ2) is 10.2. The molecule has 1 saturated carbocycles. The predicted octanol–water partition coefficient (Wildman–Crippen LogP) is 2.90. The minimum atomic E-state index is -0.793. The van der Waals surface area contributed by atoms with E-state index in [1.807, 2.05) is 20.8 Å². The Labute approximate surface area is 195 Å². The first-order valence-corrected chi connectivity index (χ1v) is 11.6. The fourth-order valence-electron chi connectivity index (χ4n) is 4.87. The van der Waals surface area contributed by atoms with Crippen LogP contribution in [0.25, 0.3) is 0 Å². The third-order valence-corrected chi connectivity index (χ3v) is 6.40. The first kappa shape index (κ1) is 24.6. The Morgan fingerprint density at radius 1 is 1.18 bits per heavy atom. The van der Waals surface area contributed by atoms with Gasteiger partial charge in [-0.15, -0.1) is 0 Å². The van der Waals surface area contributed by atoms with E-state index in [0.29, 0.717) is 12.0 Å². The summed E-state index contributed by atoms with van der Waals surface area (Å²) in [6.45, 7) is 5.44. The van der Waals surface area contributed by atoms with Gasteiger partial charge in [-0.1, -0.05) is 25.0 Å². The molecule has 2 aliphatic rings. The molecule has 1 heterocycles. The smallest absolute Gasteiger partial charge is 0.411 e. The maximum Gasteiger partial charge on any atom is 0.411 e. The first-order valence-electron chi connectivity index (χ1n) is 11.6. The number of fused-ring (bicyclic) bond motifs is 1. The Balaban J connectivity index is 1.79. The molecular formula is C25H34N4O4. The SMILES string of the molecule is CNC(=O)C(Cc1ccc(C#N)cc1)NC(=O)C1C[C@@H]2CCCCC2N1C(=O)OC(C)(C)C. The number of carbonyl (C=O) groups excluding carboxylic acids is 3. The van der Waals surface area contributed by atoms with Gasteiger partial charge in [0.25, 0.3) is 0 Å². The maximum atomic E-state index is 13.4. The van der Waals surface area contributed by atoms with Gasteiger partial charge in [-0.3, -0.25) is 14.5 Å². The van der Waals surface area contributed by atoms with Gasteiger partial charge in [-0.2, -0.15) is 5.26 Å². The summed E-state index contributed by atoms with van der Waals surface area (Å²) in [6, 6.07) is 7.52. The molecular weight excluding hydrogens is 420 g/mol. The summed E-state index contributed by atoms with van der Waals surface area (Å²) in [5, 5.41) is 14.5. The molecule has 8 heteroatoms. The minimum Gasteiger partial charge on any atom is -0.444 e. The number of hydrogen-bond acceptors (Lipinski definition) is 5. The van der Waals surface area contributed by atoms with Crippen LogP contribution < -0.4 is 10.6 Å². The zero-order valence-corrected chi connectivity index (χ0v) is 19.9. The molecule has 1 aromatic rings. The zero-order valence-electron chi connectivity index (χ0n) is 19.9. The Morgan fingerprint density at radius 2 is 1.85 bits per heavy atom. The third kappa shape index (κ3) is 6.04. The van der Waals surface area contributed by atoms with Gasteiger partial charge in [0.05, 0.1) is 11.6 Å². The lowest BCUT2D eigenvalue weighted by atomic mass is 9.85. The molecule has 2 fully saturated rings. The molecule has 2 N–H and O–H groups in total. The lowest BCUT2D eigenvalue weighted by Crippen LogP contribution is -2.55. The van der Waals surface area contributed by atoms with Crippen LogP contribution in [0.5, 0.6) is 0 Å². The van der Waals surface area contributed by atoms with Crippen LogP contribution in [0.3, 0.4) is 0 Å². The molecule has 3 amide bonds. The summed E-state index contributed by atoms with van der Waals surface area (Å²) in [7, 11) is 1.53. The molecule has 1 saturated heterocycles. The number of carbonyl (C=O) groups is 3. The van der Waals surface area contributed by atoms with E-state index in [2.05, 4.69) is 16.7 Å². The molecule has 0 radical (unpaired) electrons. The lowest BCUT2D eigenvalue weighted by Gasteiger charge is -2.35. The molecule has 4 atom stereocenters. The topological polar surface area (TPSA) is 112 Å². The van der Waals surface area contributed by atoms with E-state index in [1.54, 1.807) is 29.2 Å². The highest BCUT2D eigenvalue weighted by molar-refractivity contribution is 5.92. The number of likely N-dealkylation sites (N-methyl/N-ethyl adjacent to an activating group) is 1. The molecule has 178 valence electrons. The van der Waals surface area contributed by atoms with Gasteiger partial charge in [-0.25, -0.2) is 4.79 Å². The van der Waals surface area contributed by atoms with Gasteiger partial charge < -0.3 is 15.4 Å². The first-order chi connectivity index (χ1) is 15.6. The Hall–Kier alpha value is -3.08. The number of nitrogens with one attached hydrogen (secondary N) is 2. The number of nitriles is 1. The summed E-state index contributed by atoms with van der Waals surface area (Å²) in [6.07, 6.45) is 4.35. The second-order valence-electron chi connectivity index (χ2n) is 9.94. The normalized spacial score (nSPS) is 23.1. The van der Waals surface area contributed by atoms with Crippen LogP contribution >= 0.6 is 0 Å². The van der Waals surface area contributed by atoms with Crippen LogP contribution in [0.2, 0.25) is 0 Å². The third-order valence-electron chi connectivity index (χ3n) is 6.40. The highest BCUT2D eigenvalue weighted by Crippen LogP contribution is 2.40. The van der Waals surface area contributed by atoms with Gasteiger partial charge in [-0.05, 0) is 63.6 Å². The van der Waals surface area contributed by atoms with E-state index in [9.17, 15) is 14.4 Å². The molecule has 3 rings (SSSR count). The van der Waals surface area contributed by atoms with Crippen molar-refractivity contribution < 1.29 is 19.1 Å². The Kier molecular flexibility index (Phi) is 7.62. The fourth-order valence-corrected chi connectivity index (χ4v) is 4.87. The largest absolute Gasteiger partial charge is 0.444 e. The number of likely N-dealkylation sites (tertiary alicyclic amines) is 1. The molecule has 1 aliphatic carbocycles. The van der Waals surface area contributed by atoms with Crippen molar-refractivity contribution in [1.29, 1.82) is 5.26 Å². The lowest BCUT2D eigenvalue weighted by molar-refractivity contribution is -0.131. The highest BCUT2D eigenvalue weighted by atomic mass is 16.6. The second-order valence-corrected chi connectivity index (χ2v) is 9.94. The quantitative estimate of drug-likeness (QED) is 0.711. The summed E-state index contributed by atoms with van der Waals surface area (Å²) >= 11 is 0. The van der Waals surface area contributed by atoms with Gasteiger partial charge in [0, 0.05) is 19.5 Å². The Morgan fingerprint density at radius 3 is 2.45 bits per heavy atom. The molecule has 1 aromatic carbocycles. The van der Waals surface area contributed by atoms with Crippen molar-refractivity contribution >= 4 is 17.9 Å². The Bertz CT molecular complexity index is 916. The molecule has 0 spiro atoms. The number of benzene rings is 1. The maximum absolute atomic E-state index is 13.4. The monoisotopic (exact) mass is 454 g/mol. The number of ether oxygens (including phenoxy) is 1. The molecule has 0 bridgehead atoms. The van der Waals surface area contributed by atoms with Crippen LogP contribution in [-0.2, 0) is 20.7 Å². The molecule has 1 aliphatic heterocycles. The van der Waals surface area contributed by atoms with E-state index in [0.717, 1.165) is 31.2 Å². The fraction of sp³-hybridized carbons (Fsp3) is 0.600. The van der Waals surface area contributed by atoms with Crippen molar-refractivity contribution in [1.82, 2.24) is 15.5 Å². The average molecular weight is 455 g/mol. The van der Waals surface area contributed by atoms with Gasteiger partial charge in [0.15, 0.2) is 0 Å². The van der Waals surface area contributed by atoms with Crippen LogP contribution in [0, 0.1) is 17.2 Å². The van der Waals surface area contributed by atoms with E-state index >= 15 is 0 Å². The average Bonchev–Trinajstić information content (AvgIpc) is 3.17. The number of rotatable bonds is 5. The zero-order chi connectivity index (χ0) is 24.2. The summed E-state index contributed by atoms with van der Waals surface area (Å²) in [5.41, 5.74) is 0.693. The van der Waals surface area contributed by atoms with Crippen molar-refractivity contribution in [2.75, 3.05) is 7.05 Å². The summed E-state index contributed by atoms with van der Waals surface area (Å²) < 4.78 is 5.64. The predicted molar refractivity (Wildman–Crippen MR) is 123 cm³/mol. The van der Waals surface area contributed by atoms with Crippen molar-refractivity contribution in [2.45, 2.75) is 83.0 Å². The van der Waals surface area contributed by atoms with Crippen LogP contribution in [0.1, 0.15) is 64.0 Å². The number of nitrogens with zero attached hydrogens (tertiary/aromatic N) is 2. The van der Waals surface area contributed by atoms with Crippen LogP contribution in [-0.4, -0.2) is 53.6 Å². The summed E-state index contributed by atoms with van der Waals surface area (Å²) in [4.78, 5) is 40.7. The van der Waals surface area contributed by atoms with E-state index in [4.69, 9.17) is 10.00 Å². The highest BCUT2D eigenvalue weighted by Gasteiger charge is 2.49. The summed E-state index contributed by atoms with van der Waals surface area (Å²) in [5.74, 6) is -0.386. The number of hydrogen-bond donors (Lipinski definition) is 2. The minimum absolute atomic E-state index is 0.0127. The van der Waals surface area contributed by atoms with Crippen LogP contribution in [0.15, 0.2) is 24.3 Å². The number of amides is 3. The molecule has 33 heavy (non-hydrogen) atoms. The van der Waals surface area contributed by atoms with Crippen molar-refractivity contribution in [3.05, 3.63) is 35.4 Å². The molecule has 3 unspecified atom stereocenters. The standard InChI is InChI=1S/C25H34N4O4/c1-25(2,3)33-24(32)29-20-8-6-5-7-18(20)14-21(29)23(31)28-19(22(30)27-4)13-16-9-11-17(15-26)12-10-16/h9-12,18-21H,5-8,13-14H2,1-4H3,(H,27,30)(H,28,31)/t18-,19?,20?,21?/m0/s1. The molecule has 8 nitrogen and oxygen atoms in total. The van der Waals surface area contributed by atoms with E-state index in [1.165, 1.54) is 7.05 Å². The van der Waals surface area contributed by atoms with E-state index < -0.39 is 23.8 Å². The van der Waals surface area contributed by atoms with Gasteiger partial charge in [0.1, 0.15) is 17.7 Å². The van der Waals surface area contributed by atoms with Crippen molar-refractivity contribution in [3.8, 4) is 6.07 Å². The van der Waals surface area contributed by atoms with Gasteiger partial charge >= 0.3 is 6.09 Å². The van der Waals surface area contributed by atoms with E-state index in [-0.39, 0.29) is 30.2 Å². The van der Waals surface area contributed by atoms with Gasteiger partial charge in [0.2, 0.25) is 11.8 Å².